The van der Waals surface area contributed by atoms with Crippen molar-refractivity contribution in [2.75, 3.05) is 0 Å². The number of fused-ring (bicyclic) bond motifs is 1. The number of halogens is 7. The Morgan fingerprint density at radius 1 is 0.750 bits per heavy atom. The van der Waals surface area contributed by atoms with E-state index in [1.807, 2.05) is 31.2 Å². The number of rotatable bonds is 5. The number of aromatic nitrogens is 1. The summed E-state index contributed by atoms with van der Waals surface area (Å²) in [6.45, 7) is 1.47. The van der Waals surface area contributed by atoms with Gasteiger partial charge in [0.05, 0.1) is 16.6 Å². The summed E-state index contributed by atoms with van der Waals surface area (Å²) in [5, 5.41) is 0.411. The SMILES string of the molecule is Cc1ccccc1-c1cnc2c(C(F)(F)F)cccc2c1-c1cccc(OCc2cc(Cl)ccc2C(F)(F)F)c1. The van der Waals surface area contributed by atoms with Crippen molar-refractivity contribution in [1.82, 2.24) is 4.98 Å². The fourth-order valence-electron chi connectivity index (χ4n) is 4.70. The Labute approximate surface area is 230 Å². The smallest absolute Gasteiger partial charge is 0.418 e. The van der Waals surface area contributed by atoms with E-state index in [9.17, 15) is 26.3 Å². The molecule has 0 saturated heterocycles. The Morgan fingerprint density at radius 2 is 1.48 bits per heavy atom. The zero-order valence-electron chi connectivity index (χ0n) is 20.9. The Balaban J connectivity index is 1.64. The maximum absolute atomic E-state index is 13.9. The summed E-state index contributed by atoms with van der Waals surface area (Å²) in [5.41, 5.74) is 1.22. The zero-order valence-corrected chi connectivity index (χ0v) is 21.6. The third-order valence-corrected chi connectivity index (χ3v) is 6.76. The molecule has 0 radical (unpaired) electrons. The highest BCUT2D eigenvalue weighted by Gasteiger charge is 2.34. The van der Waals surface area contributed by atoms with Gasteiger partial charge < -0.3 is 4.74 Å². The number of pyridine rings is 1. The molecule has 0 saturated carbocycles. The highest BCUT2D eigenvalue weighted by atomic mass is 35.5. The van der Waals surface area contributed by atoms with E-state index in [4.69, 9.17) is 16.3 Å². The fourth-order valence-corrected chi connectivity index (χ4v) is 4.90. The van der Waals surface area contributed by atoms with Crippen LogP contribution in [0.3, 0.4) is 0 Å². The van der Waals surface area contributed by atoms with Crippen molar-refractivity contribution < 1.29 is 31.1 Å². The van der Waals surface area contributed by atoms with Gasteiger partial charge in [-0.3, -0.25) is 4.98 Å². The van der Waals surface area contributed by atoms with Crippen molar-refractivity contribution in [2.24, 2.45) is 0 Å². The van der Waals surface area contributed by atoms with Crippen LogP contribution in [-0.4, -0.2) is 4.98 Å². The fraction of sp³-hybridized carbons (Fsp3) is 0.129. The van der Waals surface area contributed by atoms with Gasteiger partial charge in [-0.05, 0) is 60.0 Å². The molecule has 9 heteroatoms. The summed E-state index contributed by atoms with van der Waals surface area (Å²) in [7, 11) is 0. The maximum Gasteiger partial charge on any atom is 0.418 e. The number of hydrogen-bond acceptors (Lipinski definition) is 2. The lowest BCUT2D eigenvalue weighted by molar-refractivity contribution is -0.138. The molecule has 0 spiro atoms. The number of aryl methyl sites for hydroxylation is 1. The van der Waals surface area contributed by atoms with E-state index in [1.54, 1.807) is 30.3 Å². The van der Waals surface area contributed by atoms with Gasteiger partial charge in [-0.2, -0.15) is 26.3 Å². The molecule has 5 aromatic rings. The van der Waals surface area contributed by atoms with Gasteiger partial charge in [0.2, 0.25) is 0 Å². The first-order valence-corrected chi connectivity index (χ1v) is 12.4. The highest BCUT2D eigenvalue weighted by molar-refractivity contribution is 6.30. The van der Waals surface area contributed by atoms with E-state index >= 15 is 0 Å². The number of para-hydroxylation sites is 1. The van der Waals surface area contributed by atoms with Crippen molar-refractivity contribution in [3.05, 3.63) is 118 Å². The predicted molar refractivity (Wildman–Crippen MR) is 143 cm³/mol. The van der Waals surface area contributed by atoms with E-state index < -0.39 is 30.1 Å². The molecule has 0 aliphatic heterocycles. The van der Waals surface area contributed by atoms with Crippen LogP contribution in [0, 0.1) is 6.92 Å². The first-order valence-electron chi connectivity index (χ1n) is 12.1. The van der Waals surface area contributed by atoms with Crippen LogP contribution in [0.15, 0.2) is 91.1 Å². The lowest BCUT2D eigenvalue weighted by atomic mass is 9.90. The number of ether oxygens (including phenoxy) is 1. The Kier molecular flexibility index (Phi) is 7.23. The molecule has 1 aromatic heterocycles. The van der Waals surface area contributed by atoms with Crippen LogP contribution in [0.5, 0.6) is 5.75 Å². The van der Waals surface area contributed by atoms with Gasteiger partial charge in [0.15, 0.2) is 0 Å². The van der Waals surface area contributed by atoms with Crippen LogP contribution in [0.2, 0.25) is 5.02 Å². The van der Waals surface area contributed by atoms with Gasteiger partial charge in [-0.1, -0.05) is 60.1 Å². The van der Waals surface area contributed by atoms with Crippen molar-refractivity contribution in [3.63, 3.8) is 0 Å². The highest BCUT2D eigenvalue weighted by Crippen LogP contribution is 2.43. The van der Waals surface area contributed by atoms with Crippen molar-refractivity contribution in [3.8, 4) is 28.0 Å². The van der Waals surface area contributed by atoms with Crippen LogP contribution in [0.1, 0.15) is 22.3 Å². The Bertz CT molecular complexity index is 1710. The van der Waals surface area contributed by atoms with Gasteiger partial charge >= 0.3 is 12.4 Å². The molecule has 0 aliphatic carbocycles. The van der Waals surface area contributed by atoms with Gasteiger partial charge in [-0.25, -0.2) is 0 Å². The summed E-state index contributed by atoms with van der Waals surface area (Å²) in [6, 6.07) is 21.1. The summed E-state index contributed by atoms with van der Waals surface area (Å²) in [6.07, 6.45) is -7.80. The monoisotopic (exact) mass is 571 g/mol. The molecule has 0 amide bonds. The summed E-state index contributed by atoms with van der Waals surface area (Å²) in [5.74, 6) is 0.235. The van der Waals surface area contributed by atoms with Crippen molar-refractivity contribution >= 4 is 22.5 Å². The molecule has 40 heavy (non-hydrogen) atoms. The van der Waals surface area contributed by atoms with Gasteiger partial charge in [0.1, 0.15) is 12.4 Å². The molecular formula is C31H20ClF6NO. The average molecular weight is 572 g/mol. The van der Waals surface area contributed by atoms with E-state index in [2.05, 4.69) is 4.98 Å². The summed E-state index contributed by atoms with van der Waals surface area (Å²) >= 11 is 5.93. The lowest BCUT2D eigenvalue weighted by Crippen LogP contribution is -2.11. The minimum atomic E-state index is -4.62. The molecule has 0 bridgehead atoms. The van der Waals surface area contributed by atoms with Crippen LogP contribution in [-0.2, 0) is 19.0 Å². The largest absolute Gasteiger partial charge is 0.489 e. The molecule has 204 valence electrons. The quantitative estimate of drug-likeness (QED) is 0.196. The lowest BCUT2D eigenvalue weighted by Gasteiger charge is -2.18. The van der Waals surface area contributed by atoms with E-state index in [0.29, 0.717) is 16.7 Å². The maximum atomic E-state index is 13.9. The second-order valence-electron chi connectivity index (χ2n) is 9.18. The second kappa shape index (κ2) is 10.5. The molecular weight excluding hydrogens is 552 g/mol. The molecule has 4 aromatic carbocycles. The Morgan fingerprint density at radius 3 is 2.20 bits per heavy atom. The van der Waals surface area contributed by atoms with E-state index in [1.165, 1.54) is 18.3 Å². The van der Waals surface area contributed by atoms with Crippen molar-refractivity contribution in [1.29, 1.82) is 0 Å². The summed E-state index contributed by atoms with van der Waals surface area (Å²) < 4.78 is 87.9. The average Bonchev–Trinajstić information content (AvgIpc) is 2.90. The normalized spacial score (nSPS) is 12.1. The standard InChI is InChI=1S/C31H20ClF6NO/c1-18-6-2-3-9-23(18)25-16-39-29-24(10-5-11-27(29)31(36,37)38)28(25)19-7-4-8-22(15-19)40-17-20-14-21(32)12-13-26(20)30(33,34)35/h2-16H,17H2,1H3. The number of alkyl halides is 6. The molecule has 0 unspecified atom stereocenters. The molecule has 0 atom stereocenters. The first kappa shape index (κ1) is 27.5. The van der Waals surface area contributed by atoms with Crippen molar-refractivity contribution in [2.45, 2.75) is 25.9 Å². The topological polar surface area (TPSA) is 22.1 Å². The van der Waals surface area contributed by atoms with Crippen LogP contribution < -0.4 is 4.74 Å². The summed E-state index contributed by atoms with van der Waals surface area (Å²) in [4.78, 5) is 4.22. The van der Waals surface area contributed by atoms with Crippen LogP contribution in [0.4, 0.5) is 26.3 Å². The minimum absolute atomic E-state index is 0.131. The molecule has 2 nitrogen and oxygen atoms in total. The van der Waals surface area contributed by atoms with E-state index in [0.717, 1.165) is 29.3 Å². The number of nitrogens with zero attached hydrogens (tertiary/aromatic N) is 1. The Hall–Kier alpha value is -4.04. The third-order valence-electron chi connectivity index (χ3n) is 6.53. The zero-order chi connectivity index (χ0) is 28.7. The van der Waals surface area contributed by atoms with Crippen LogP contribution in [0.25, 0.3) is 33.2 Å². The number of hydrogen-bond donors (Lipinski definition) is 0. The van der Waals surface area contributed by atoms with Gasteiger partial charge in [0.25, 0.3) is 0 Å². The third kappa shape index (κ3) is 5.49. The molecule has 0 fully saturated rings. The van der Waals surface area contributed by atoms with Gasteiger partial charge in [0, 0.05) is 33.3 Å². The second-order valence-corrected chi connectivity index (χ2v) is 9.61. The number of benzene rings is 4. The molecule has 5 rings (SSSR count). The van der Waals surface area contributed by atoms with E-state index in [-0.39, 0.29) is 27.2 Å². The molecule has 1 heterocycles. The first-order chi connectivity index (χ1) is 18.9. The minimum Gasteiger partial charge on any atom is -0.489 e. The predicted octanol–water partition coefficient (Wildman–Crippen LogP) is 10.1. The van der Waals surface area contributed by atoms with Gasteiger partial charge in [-0.15, -0.1) is 0 Å². The molecule has 0 N–H and O–H groups in total. The molecule has 0 aliphatic rings. The van der Waals surface area contributed by atoms with Crippen LogP contribution >= 0.6 is 11.6 Å².